The predicted octanol–water partition coefficient (Wildman–Crippen LogP) is 5.83. The van der Waals surface area contributed by atoms with E-state index >= 15 is 0 Å². The minimum atomic E-state index is -1.12. The third-order valence-corrected chi connectivity index (χ3v) is 12.1. The highest BCUT2D eigenvalue weighted by Gasteiger charge is 2.37. The lowest BCUT2D eigenvalue weighted by molar-refractivity contribution is -0.141. The summed E-state index contributed by atoms with van der Waals surface area (Å²) in [5, 5.41) is 19.4. The summed E-state index contributed by atoms with van der Waals surface area (Å²) in [4.78, 5) is 90.9. The first-order chi connectivity index (χ1) is 31.2. The molecule has 3 aliphatic rings. The fourth-order valence-electron chi connectivity index (χ4n) is 8.87. The van der Waals surface area contributed by atoms with Crippen molar-refractivity contribution in [1.82, 2.24) is 25.8 Å². The molecule has 0 radical (unpaired) electrons. The summed E-state index contributed by atoms with van der Waals surface area (Å²) in [5.41, 5.74) is 2.61. The Bertz CT molecular complexity index is 2080. The number of nitrogens with zero attached hydrogens (tertiary/aromatic N) is 3. The minimum absolute atomic E-state index is 0.0349. The van der Waals surface area contributed by atoms with Gasteiger partial charge in [-0.15, -0.1) is 0 Å². The second kappa shape index (κ2) is 23.2. The second-order valence-electron chi connectivity index (χ2n) is 20.2. The van der Waals surface area contributed by atoms with Crippen LogP contribution in [0.5, 0.6) is 0 Å². The first-order valence-corrected chi connectivity index (χ1v) is 23.5. The Morgan fingerprint density at radius 3 is 2.09 bits per heavy atom. The Labute approximate surface area is 390 Å². The normalized spacial score (nSPS) is 18.0. The zero-order chi connectivity index (χ0) is 48.2. The summed E-state index contributed by atoms with van der Waals surface area (Å²) >= 11 is 0. The molecule has 1 saturated heterocycles. The van der Waals surface area contributed by atoms with Gasteiger partial charge < -0.3 is 35.4 Å². The number of hydrogen-bond donors (Lipinski definition) is 4. The maximum absolute atomic E-state index is 14.4. The molecule has 15 heteroatoms. The number of unbranched alkanes of at least 4 members (excludes halogenated alkanes) is 1. The van der Waals surface area contributed by atoms with E-state index in [1.54, 1.807) is 32.6 Å². The molecule has 3 atom stereocenters. The van der Waals surface area contributed by atoms with Gasteiger partial charge in [0.1, 0.15) is 36.0 Å². The zero-order valence-corrected chi connectivity index (χ0v) is 40.2. The van der Waals surface area contributed by atoms with Gasteiger partial charge in [-0.1, -0.05) is 82.3 Å². The van der Waals surface area contributed by atoms with Crippen LogP contribution in [0.25, 0.3) is 0 Å². The van der Waals surface area contributed by atoms with E-state index in [1.165, 1.54) is 4.90 Å². The smallest absolute Gasteiger partial charge is 0.411 e. The largest absolute Gasteiger partial charge is 0.511 e. The monoisotopic (exact) mass is 913 g/mol. The first-order valence-electron chi connectivity index (χ1n) is 23.5. The highest BCUT2D eigenvalue weighted by Crippen LogP contribution is 2.36. The number of ketones is 1. The van der Waals surface area contributed by atoms with Crippen LogP contribution in [0.3, 0.4) is 0 Å². The minimum Gasteiger partial charge on any atom is -0.511 e. The van der Waals surface area contributed by atoms with Crippen molar-refractivity contribution >= 4 is 41.2 Å². The van der Waals surface area contributed by atoms with Gasteiger partial charge in [-0.25, -0.2) is 4.79 Å². The van der Waals surface area contributed by atoms with E-state index in [2.05, 4.69) is 20.9 Å². The molecule has 66 heavy (non-hydrogen) atoms. The van der Waals surface area contributed by atoms with E-state index < -0.39 is 47.5 Å². The van der Waals surface area contributed by atoms with Crippen molar-refractivity contribution in [1.29, 1.82) is 0 Å². The van der Waals surface area contributed by atoms with E-state index in [4.69, 9.17) is 9.47 Å². The molecule has 2 aliphatic carbocycles. The molecule has 1 fully saturated rings. The first kappa shape index (κ1) is 51.4. The Kier molecular flexibility index (Phi) is 18.1. The highest BCUT2D eigenvalue weighted by atomic mass is 16.6. The number of carbonyl (C=O) groups excluding carboxylic acids is 6. The van der Waals surface area contributed by atoms with Crippen molar-refractivity contribution in [2.75, 3.05) is 39.4 Å². The number of fused-ring (bicyclic) bond motifs is 1. The molecular formula is C51H72N6O9. The zero-order valence-electron chi connectivity index (χ0n) is 40.2. The molecule has 0 spiro atoms. The van der Waals surface area contributed by atoms with Gasteiger partial charge in [0, 0.05) is 50.7 Å². The summed E-state index contributed by atoms with van der Waals surface area (Å²) in [6, 6.07) is 13.7. The van der Waals surface area contributed by atoms with Crippen LogP contribution in [0.1, 0.15) is 111 Å². The molecule has 4 N–H and O–H groups in total. The van der Waals surface area contributed by atoms with Gasteiger partial charge in [0.25, 0.3) is 0 Å². The highest BCUT2D eigenvalue weighted by molar-refractivity contribution is 6.22. The standard InChI is InChI=1S/C51H72N6O9/c1-33(2)26-40(46(61)54-39(48(63)56-22-24-65-25-23-56)20-14-15-21-52-34(3)45-42(58)30-51(7,8)31-43(45)59)55-47(62)41(27-35-16-10-9-11-17-35)53-44(60)32-57(49(64)66-50(4,5)6)38-28-36-18-12-13-19-37(36)29-38/h9-13,16-19,33,38-41,58H,14-15,20-32H2,1-8H3,(H,53,60)(H,54,61)(H,55,62)/t39-,40-,41-/m1/s1. The Balaban J connectivity index is 1.30. The van der Waals surface area contributed by atoms with Crippen molar-refractivity contribution in [2.45, 2.75) is 143 Å². The molecule has 5 rings (SSSR count). The number of carbonyl (C=O) groups is 6. The van der Waals surface area contributed by atoms with Crippen LogP contribution in [0.15, 0.2) is 70.9 Å². The number of aliphatic hydroxyl groups is 1. The summed E-state index contributed by atoms with van der Waals surface area (Å²) in [7, 11) is 0. The van der Waals surface area contributed by atoms with Crippen molar-refractivity contribution in [3.05, 3.63) is 82.6 Å². The molecule has 0 saturated carbocycles. The lowest BCUT2D eigenvalue weighted by Gasteiger charge is -2.32. The SMILES string of the molecule is CC(=NCCCC[C@@H](NC(=O)[C@@H](CC(C)C)NC(=O)[C@@H](Cc1ccccc1)NC(=O)CN(C(=O)OC(C)(C)C)C1Cc2ccccc2C1)C(=O)N1CCOCC1)C1=C(O)CC(C)(C)CC1=O. The van der Waals surface area contributed by atoms with Crippen molar-refractivity contribution in [3.63, 3.8) is 0 Å². The van der Waals surface area contributed by atoms with Crippen LogP contribution < -0.4 is 16.0 Å². The van der Waals surface area contributed by atoms with Gasteiger partial charge in [0.05, 0.1) is 18.8 Å². The topological polar surface area (TPSA) is 196 Å². The molecule has 5 amide bonds. The van der Waals surface area contributed by atoms with Crippen LogP contribution in [0.4, 0.5) is 4.79 Å². The molecule has 0 aromatic heterocycles. The maximum atomic E-state index is 14.4. The summed E-state index contributed by atoms with van der Waals surface area (Å²) in [5.74, 6) is -2.03. The van der Waals surface area contributed by atoms with Crippen LogP contribution in [-0.2, 0) is 52.7 Å². The molecular weight excluding hydrogens is 841 g/mol. The fraction of sp³-hybridized carbons (Fsp3) is 0.588. The maximum Gasteiger partial charge on any atom is 0.411 e. The number of allylic oxidation sites excluding steroid dienone is 2. The number of morpholine rings is 1. The molecule has 0 unspecified atom stereocenters. The summed E-state index contributed by atoms with van der Waals surface area (Å²) in [6.45, 7) is 16.3. The molecule has 2 aromatic rings. The number of amides is 5. The fourth-order valence-corrected chi connectivity index (χ4v) is 8.87. The van der Waals surface area contributed by atoms with Gasteiger partial charge in [-0.2, -0.15) is 0 Å². The number of hydrogen-bond acceptors (Lipinski definition) is 10. The second-order valence-corrected chi connectivity index (χ2v) is 20.2. The van der Waals surface area contributed by atoms with Crippen LogP contribution in [0.2, 0.25) is 0 Å². The molecule has 360 valence electrons. The van der Waals surface area contributed by atoms with E-state index in [0.717, 1.165) is 16.7 Å². The summed E-state index contributed by atoms with van der Waals surface area (Å²) < 4.78 is 11.3. The number of nitrogens with one attached hydrogen (secondary N) is 3. The number of rotatable bonds is 19. The lowest BCUT2D eigenvalue weighted by atomic mass is 9.76. The van der Waals surface area contributed by atoms with Crippen molar-refractivity contribution in [3.8, 4) is 0 Å². The van der Waals surface area contributed by atoms with Crippen LogP contribution in [0, 0.1) is 11.3 Å². The number of aliphatic hydroxyl groups excluding tert-OH is 1. The number of ether oxygens (including phenoxy) is 2. The van der Waals surface area contributed by atoms with Gasteiger partial charge >= 0.3 is 6.09 Å². The number of aliphatic imine (C=N–C) groups is 1. The van der Waals surface area contributed by atoms with Crippen LogP contribution in [-0.4, -0.2) is 125 Å². The van der Waals surface area contributed by atoms with Gasteiger partial charge in [-0.3, -0.25) is 33.9 Å². The Morgan fingerprint density at radius 2 is 1.48 bits per heavy atom. The van der Waals surface area contributed by atoms with E-state index in [-0.39, 0.29) is 59.8 Å². The van der Waals surface area contributed by atoms with Crippen molar-refractivity contribution < 1.29 is 43.3 Å². The van der Waals surface area contributed by atoms with E-state index in [0.29, 0.717) is 83.5 Å². The molecule has 15 nitrogen and oxygen atoms in total. The Hall–Kier alpha value is -5.57. The number of benzene rings is 2. The Morgan fingerprint density at radius 1 is 0.879 bits per heavy atom. The average Bonchev–Trinajstić information content (AvgIpc) is 3.67. The van der Waals surface area contributed by atoms with Gasteiger partial charge in [-0.05, 0) is 94.2 Å². The van der Waals surface area contributed by atoms with Crippen LogP contribution >= 0.6 is 0 Å². The van der Waals surface area contributed by atoms with Gasteiger partial charge in [0.2, 0.25) is 23.6 Å². The molecule has 0 bridgehead atoms. The third kappa shape index (κ3) is 15.2. The average molecular weight is 913 g/mol. The third-order valence-electron chi connectivity index (χ3n) is 12.1. The van der Waals surface area contributed by atoms with E-state index in [9.17, 15) is 33.9 Å². The lowest BCUT2D eigenvalue weighted by Crippen LogP contribution is -2.59. The quantitative estimate of drug-likeness (QED) is 0.0992. The molecule has 2 aromatic carbocycles. The van der Waals surface area contributed by atoms with E-state index in [1.807, 2.05) is 82.3 Å². The van der Waals surface area contributed by atoms with Crippen molar-refractivity contribution in [2.24, 2.45) is 16.3 Å². The molecule has 1 heterocycles. The predicted molar refractivity (Wildman–Crippen MR) is 253 cm³/mol. The van der Waals surface area contributed by atoms with Gasteiger partial charge in [0.15, 0.2) is 5.78 Å². The molecule has 1 aliphatic heterocycles. The summed E-state index contributed by atoms with van der Waals surface area (Å²) in [6.07, 6.45) is 2.94. The number of Topliss-reactive ketones (excluding diaryl/α,β-unsaturated/α-hetero) is 1.